The Morgan fingerprint density at radius 3 is 2.69 bits per heavy atom. The molecule has 1 amide bonds. The Morgan fingerprint density at radius 2 is 2.04 bits per heavy atom. The first kappa shape index (κ1) is 17.7. The number of anilines is 3. The van der Waals surface area contributed by atoms with Crippen LogP contribution in [0.3, 0.4) is 0 Å². The lowest BCUT2D eigenvalue weighted by molar-refractivity contribution is -0.384. The Morgan fingerprint density at radius 1 is 1.27 bits per heavy atom. The number of rotatable bonds is 5. The molecule has 0 bridgehead atoms. The molecule has 1 heterocycles. The zero-order valence-corrected chi connectivity index (χ0v) is 15.2. The lowest BCUT2D eigenvalue weighted by atomic mass is 10.1. The van der Waals surface area contributed by atoms with Crippen LogP contribution in [0, 0.1) is 10.1 Å². The number of hydrogen-bond donors (Lipinski definition) is 1. The zero-order chi connectivity index (χ0) is 18.8. The molecule has 0 aromatic heterocycles. The van der Waals surface area contributed by atoms with Gasteiger partial charge < -0.3 is 15.1 Å². The zero-order valence-electron chi connectivity index (χ0n) is 15.2. The minimum atomic E-state index is -0.495. The van der Waals surface area contributed by atoms with Gasteiger partial charge in [-0.25, -0.2) is 0 Å². The number of likely N-dealkylation sites (N-methyl/N-ethyl adjacent to an activating group) is 1. The number of nitro benzene ring substituents is 1. The molecule has 0 saturated carbocycles. The van der Waals surface area contributed by atoms with Crippen molar-refractivity contribution >= 4 is 28.7 Å². The van der Waals surface area contributed by atoms with Crippen LogP contribution in [-0.4, -0.2) is 38.0 Å². The van der Waals surface area contributed by atoms with E-state index in [1.54, 1.807) is 25.1 Å². The van der Waals surface area contributed by atoms with Crippen LogP contribution < -0.4 is 15.1 Å². The van der Waals surface area contributed by atoms with Crippen molar-refractivity contribution in [2.24, 2.45) is 0 Å². The number of carbonyl (C=O) groups is 1. The molecule has 1 N–H and O–H groups in total. The van der Waals surface area contributed by atoms with Gasteiger partial charge in [0.15, 0.2) is 0 Å². The Labute approximate surface area is 152 Å². The van der Waals surface area contributed by atoms with Crippen LogP contribution in [0.4, 0.5) is 22.7 Å². The number of nitrogens with one attached hydrogen (secondary N) is 1. The van der Waals surface area contributed by atoms with E-state index in [0.29, 0.717) is 11.4 Å². The van der Waals surface area contributed by atoms with E-state index in [0.717, 1.165) is 25.2 Å². The predicted molar refractivity (Wildman–Crippen MR) is 103 cm³/mol. The third-order valence-corrected chi connectivity index (χ3v) is 4.63. The average Bonchev–Trinajstić information content (AvgIpc) is 3.03. The molecule has 26 heavy (non-hydrogen) atoms. The quantitative estimate of drug-likeness (QED) is 0.658. The van der Waals surface area contributed by atoms with E-state index in [1.165, 1.54) is 17.7 Å². The second kappa shape index (κ2) is 7.03. The molecule has 7 nitrogen and oxygen atoms in total. The highest BCUT2D eigenvalue weighted by Gasteiger charge is 2.21. The highest BCUT2D eigenvalue weighted by atomic mass is 16.6. The van der Waals surface area contributed by atoms with E-state index < -0.39 is 4.92 Å². The van der Waals surface area contributed by atoms with E-state index in [1.807, 2.05) is 18.2 Å². The summed E-state index contributed by atoms with van der Waals surface area (Å²) in [6.45, 7) is 4.01. The lowest BCUT2D eigenvalue weighted by Crippen LogP contribution is -2.20. The maximum absolute atomic E-state index is 12.8. The summed E-state index contributed by atoms with van der Waals surface area (Å²) in [5.74, 6) is -0.363. The van der Waals surface area contributed by atoms with Gasteiger partial charge in [-0.2, -0.15) is 0 Å². The molecule has 0 atom stereocenters. The van der Waals surface area contributed by atoms with Gasteiger partial charge in [-0.05, 0) is 37.1 Å². The first-order valence-electron chi connectivity index (χ1n) is 8.55. The summed E-state index contributed by atoms with van der Waals surface area (Å²) in [6.07, 6.45) is 1.01. The Balaban J connectivity index is 1.91. The molecule has 0 radical (unpaired) electrons. The van der Waals surface area contributed by atoms with E-state index in [9.17, 15) is 14.9 Å². The maximum Gasteiger partial charge on any atom is 0.270 e. The second-order valence-corrected chi connectivity index (χ2v) is 6.48. The normalized spacial score (nSPS) is 12.7. The fourth-order valence-corrected chi connectivity index (χ4v) is 3.26. The summed E-state index contributed by atoms with van der Waals surface area (Å²) in [4.78, 5) is 27.4. The van der Waals surface area contributed by atoms with Crippen molar-refractivity contribution in [1.82, 2.24) is 0 Å². The van der Waals surface area contributed by atoms with Crippen molar-refractivity contribution < 1.29 is 9.72 Å². The summed E-state index contributed by atoms with van der Waals surface area (Å²) in [5.41, 5.74) is 3.89. The SMILES string of the molecule is CCN1CCc2ccc(NC(=O)c3cc([N+](=O)[O-])ccc3N(C)C)cc21. The second-order valence-electron chi connectivity index (χ2n) is 6.48. The van der Waals surface area contributed by atoms with Gasteiger partial charge in [0.1, 0.15) is 0 Å². The number of nitrogens with zero attached hydrogens (tertiary/aromatic N) is 3. The largest absolute Gasteiger partial charge is 0.377 e. The summed E-state index contributed by atoms with van der Waals surface area (Å²) in [5, 5.41) is 13.9. The van der Waals surface area contributed by atoms with Crippen molar-refractivity contribution in [2.75, 3.05) is 42.3 Å². The lowest BCUT2D eigenvalue weighted by Gasteiger charge is -2.19. The van der Waals surface area contributed by atoms with E-state index in [4.69, 9.17) is 0 Å². The van der Waals surface area contributed by atoms with Crippen molar-refractivity contribution in [1.29, 1.82) is 0 Å². The Kier molecular flexibility index (Phi) is 4.79. The van der Waals surface area contributed by atoms with Crippen LogP contribution >= 0.6 is 0 Å². The van der Waals surface area contributed by atoms with Gasteiger partial charge in [0, 0.05) is 56.4 Å². The van der Waals surface area contributed by atoms with Crippen LogP contribution in [0.5, 0.6) is 0 Å². The molecular weight excluding hydrogens is 332 g/mol. The molecule has 2 aromatic carbocycles. The average molecular weight is 354 g/mol. The third-order valence-electron chi connectivity index (χ3n) is 4.63. The van der Waals surface area contributed by atoms with Crippen LogP contribution in [0.1, 0.15) is 22.8 Å². The number of fused-ring (bicyclic) bond motifs is 1. The van der Waals surface area contributed by atoms with Gasteiger partial charge in [0.05, 0.1) is 10.5 Å². The topological polar surface area (TPSA) is 78.7 Å². The molecule has 0 spiro atoms. The van der Waals surface area contributed by atoms with Crippen LogP contribution in [0.15, 0.2) is 36.4 Å². The monoisotopic (exact) mass is 354 g/mol. The molecular formula is C19H22N4O3. The number of amides is 1. The number of hydrogen-bond acceptors (Lipinski definition) is 5. The first-order chi connectivity index (χ1) is 12.4. The number of carbonyl (C=O) groups excluding carboxylic acids is 1. The van der Waals surface area contributed by atoms with Gasteiger partial charge in [-0.3, -0.25) is 14.9 Å². The molecule has 0 aliphatic carbocycles. The fraction of sp³-hybridized carbons (Fsp3) is 0.316. The molecule has 0 fully saturated rings. The van der Waals surface area contributed by atoms with Crippen LogP contribution in [-0.2, 0) is 6.42 Å². The molecule has 2 aromatic rings. The van der Waals surface area contributed by atoms with Crippen molar-refractivity contribution in [3.05, 3.63) is 57.6 Å². The third kappa shape index (κ3) is 3.33. The molecule has 0 saturated heterocycles. The van der Waals surface area contributed by atoms with Gasteiger partial charge in [-0.1, -0.05) is 6.07 Å². The van der Waals surface area contributed by atoms with Crippen LogP contribution in [0.25, 0.3) is 0 Å². The molecule has 7 heteroatoms. The van der Waals surface area contributed by atoms with E-state index in [2.05, 4.69) is 17.1 Å². The standard InChI is InChI=1S/C19H22N4O3/c1-4-22-10-9-13-5-6-14(11-18(13)22)20-19(24)16-12-15(23(25)26)7-8-17(16)21(2)3/h5-8,11-12H,4,9-10H2,1-3H3,(H,20,24). The molecule has 1 aliphatic heterocycles. The molecule has 3 rings (SSSR count). The van der Waals surface area contributed by atoms with Gasteiger partial charge in [0.2, 0.25) is 0 Å². The Hall–Kier alpha value is -3.09. The minimum absolute atomic E-state index is 0.105. The van der Waals surface area contributed by atoms with Crippen LogP contribution in [0.2, 0.25) is 0 Å². The van der Waals surface area contributed by atoms with Gasteiger partial charge >= 0.3 is 0 Å². The van der Waals surface area contributed by atoms with Crippen molar-refractivity contribution in [2.45, 2.75) is 13.3 Å². The predicted octanol–water partition coefficient (Wildman–Crippen LogP) is 3.30. The molecule has 0 unspecified atom stereocenters. The van der Waals surface area contributed by atoms with Crippen molar-refractivity contribution in [3.8, 4) is 0 Å². The first-order valence-corrected chi connectivity index (χ1v) is 8.55. The summed E-state index contributed by atoms with van der Waals surface area (Å²) >= 11 is 0. The molecule has 136 valence electrons. The van der Waals surface area contributed by atoms with E-state index >= 15 is 0 Å². The van der Waals surface area contributed by atoms with E-state index in [-0.39, 0.29) is 17.2 Å². The number of nitro groups is 1. The highest BCUT2D eigenvalue weighted by molar-refractivity contribution is 6.08. The summed E-state index contributed by atoms with van der Waals surface area (Å²) in [6, 6.07) is 10.2. The fourth-order valence-electron chi connectivity index (χ4n) is 3.26. The molecule has 1 aliphatic rings. The van der Waals surface area contributed by atoms with Gasteiger partial charge in [-0.15, -0.1) is 0 Å². The number of non-ortho nitro benzene ring substituents is 1. The number of benzene rings is 2. The maximum atomic E-state index is 12.8. The summed E-state index contributed by atoms with van der Waals surface area (Å²) in [7, 11) is 3.60. The smallest absolute Gasteiger partial charge is 0.270 e. The minimum Gasteiger partial charge on any atom is -0.377 e. The highest BCUT2D eigenvalue weighted by Crippen LogP contribution is 2.31. The summed E-state index contributed by atoms with van der Waals surface area (Å²) < 4.78 is 0. The Bertz CT molecular complexity index is 864. The van der Waals surface area contributed by atoms with Crippen molar-refractivity contribution in [3.63, 3.8) is 0 Å². The van der Waals surface area contributed by atoms with Gasteiger partial charge in [0.25, 0.3) is 11.6 Å².